The van der Waals surface area contributed by atoms with E-state index < -0.39 is 5.41 Å². The molecule has 14 rings (SSSR count). The Bertz CT molecular complexity index is 3660. The molecule has 4 aliphatic carbocycles. The highest BCUT2D eigenvalue weighted by Crippen LogP contribution is 2.63. The van der Waals surface area contributed by atoms with Gasteiger partial charge in [-0.05, 0) is 145 Å². The average Bonchev–Trinajstić information content (AvgIpc) is 4.01. The second-order valence-corrected chi connectivity index (χ2v) is 19.2. The Morgan fingerprint density at radius 2 is 1.05 bits per heavy atom. The fourth-order valence-corrected chi connectivity index (χ4v) is 13.3. The number of nitrogens with zero attached hydrogens (tertiary/aromatic N) is 1. The Labute approximate surface area is 383 Å². The molecule has 0 amide bonds. The standard InChI is InChI=1S/C63H43NS/c1-2-16-43-38-45(34-28-40(43)14-1)64(46-35-37-52-51-20-7-11-26-58(51)63(59(52)39-46)56-24-9-5-18-49(56)50-19-6-10-25-57(50)63)44-32-29-42(30-33-44)48-36-31-41-15-3-4-17-47(41)61(48)55-23-13-22-54-53-21-8-12-27-60(53)65-62(54)55/h1,3-15,17-27,29-33,35-39H,2,16,28,34H2. The Balaban J connectivity index is 0.959. The van der Waals surface area contributed by atoms with Crippen molar-refractivity contribution in [3.63, 3.8) is 0 Å². The fraction of sp³-hybridized carbons (Fsp3) is 0.0794. The molecule has 0 radical (unpaired) electrons. The molecule has 0 saturated heterocycles. The summed E-state index contributed by atoms with van der Waals surface area (Å²) in [7, 11) is 0. The van der Waals surface area contributed by atoms with E-state index in [1.54, 1.807) is 0 Å². The zero-order chi connectivity index (χ0) is 42.6. The first-order chi connectivity index (χ1) is 32.2. The van der Waals surface area contributed by atoms with Gasteiger partial charge in [-0.3, -0.25) is 0 Å². The number of benzene rings is 9. The Kier molecular flexibility index (Phi) is 8.09. The Hall–Kier alpha value is -7.52. The molecule has 1 heterocycles. The van der Waals surface area contributed by atoms with Gasteiger partial charge in [0.05, 0.1) is 5.41 Å². The monoisotopic (exact) mass is 845 g/mol. The van der Waals surface area contributed by atoms with E-state index in [1.165, 1.54) is 126 Å². The molecule has 0 fully saturated rings. The maximum absolute atomic E-state index is 2.58. The fourth-order valence-electron chi connectivity index (χ4n) is 12.1. The van der Waals surface area contributed by atoms with Gasteiger partial charge in [0.15, 0.2) is 0 Å². The predicted octanol–water partition coefficient (Wildman–Crippen LogP) is 17.3. The van der Waals surface area contributed by atoms with Crippen LogP contribution in [0.25, 0.3) is 75.5 Å². The van der Waals surface area contributed by atoms with E-state index in [4.69, 9.17) is 0 Å². The van der Waals surface area contributed by atoms with Crippen molar-refractivity contribution in [1.82, 2.24) is 0 Å². The van der Waals surface area contributed by atoms with Crippen molar-refractivity contribution in [2.45, 2.75) is 31.1 Å². The lowest BCUT2D eigenvalue weighted by Gasteiger charge is -2.34. The van der Waals surface area contributed by atoms with Crippen LogP contribution in [0.4, 0.5) is 11.4 Å². The number of hydrogen-bond donors (Lipinski definition) is 0. The van der Waals surface area contributed by atoms with Gasteiger partial charge in [-0.25, -0.2) is 0 Å². The van der Waals surface area contributed by atoms with Crippen molar-refractivity contribution in [2.24, 2.45) is 0 Å². The second-order valence-electron chi connectivity index (χ2n) is 18.1. The van der Waals surface area contributed by atoms with E-state index in [9.17, 15) is 0 Å². The van der Waals surface area contributed by atoms with Crippen LogP contribution in [-0.2, 0) is 5.41 Å². The van der Waals surface area contributed by atoms with Crippen LogP contribution in [0.1, 0.15) is 47.9 Å². The first-order valence-corrected chi connectivity index (χ1v) is 23.9. The molecule has 0 unspecified atom stereocenters. The summed E-state index contributed by atoms with van der Waals surface area (Å²) in [6, 6.07) is 73.4. The third-order valence-corrected chi connectivity index (χ3v) is 16.1. The van der Waals surface area contributed by atoms with Gasteiger partial charge >= 0.3 is 0 Å². The first-order valence-electron chi connectivity index (χ1n) is 23.1. The van der Waals surface area contributed by atoms with Gasteiger partial charge in [-0.1, -0.05) is 176 Å². The summed E-state index contributed by atoms with van der Waals surface area (Å²) in [4.78, 5) is 2.58. The number of hydrogen-bond acceptors (Lipinski definition) is 2. The number of anilines is 2. The molecule has 9 aromatic carbocycles. The number of allylic oxidation sites excluding steroid dienone is 6. The predicted molar refractivity (Wildman–Crippen MR) is 275 cm³/mol. The number of fused-ring (bicyclic) bond motifs is 14. The highest BCUT2D eigenvalue weighted by Gasteiger charge is 2.51. The van der Waals surface area contributed by atoms with Gasteiger partial charge in [-0.15, -0.1) is 11.3 Å². The zero-order valence-corrected chi connectivity index (χ0v) is 36.7. The van der Waals surface area contributed by atoms with Crippen LogP contribution in [0.15, 0.2) is 229 Å². The van der Waals surface area contributed by atoms with Crippen molar-refractivity contribution in [1.29, 1.82) is 0 Å². The van der Waals surface area contributed by atoms with Crippen molar-refractivity contribution < 1.29 is 0 Å². The first kappa shape index (κ1) is 36.9. The van der Waals surface area contributed by atoms with E-state index in [2.05, 4.69) is 217 Å². The highest BCUT2D eigenvalue weighted by atomic mass is 32.1. The van der Waals surface area contributed by atoms with Gasteiger partial charge in [0.25, 0.3) is 0 Å². The molecule has 2 heteroatoms. The van der Waals surface area contributed by atoms with E-state index in [-0.39, 0.29) is 0 Å². The second kappa shape index (κ2) is 14.2. The molecular formula is C63H43NS. The van der Waals surface area contributed by atoms with Crippen molar-refractivity contribution in [3.8, 4) is 44.5 Å². The lowest BCUT2D eigenvalue weighted by atomic mass is 9.70. The topological polar surface area (TPSA) is 3.24 Å². The van der Waals surface area contributed by atoms with Gasteiger partial charge in [0.2, 0.25) is 0 Å². The van der Waals surface area contributed by atoms with E-state index in [0.29, 0.717) is 0 Å². The third-order valence-electron chi connectivity index (χ3n) is 14.9. The lowest BCUT2D eigenvalue weighted by molar-refractivity contribution is 0.792. The highest BCUT2D eigenvalue weighted by molar-refractivity contribution is 7.26. The van der Waals surface area contributed by atoms with Gasteiger partial charge in [0, 0.05) is 42.8 Å². The molecular weight excluding hydrogens is 803 g/mol. The molecule has 0 aliphatic heterocycles. The smallest absolute Gasteiger partial charge is 0.0726 e. The van der Waals surface area contributed by atoms with Crippen LogP contribution in [-0.4, -0.2) is 0 Å². The van der Waals surface area contributed by atoms with E-state index >= 15 is 0 Å². The summed E-state index contributed by atoms with van der Waals surface area (Å²) in [5.74, 6) is 0. The molecule has 0 saturated carbocycles. The van der Waals surface area contributed by atoms with Crippen LogP contribution >= 0.6 is 11.3 Å². The third kappa shape index (κ3) is 5.32. The molecule has 10 aromatic rings. The van der Waals surface area contributed by atoms with Crippen molar-refractivity contribution >= 4 is 53.7 Å². The quantitative estimate of drug-likeness (QED) is 0.167. The van der Waals surface area contributed by atoms with Crippen LogP contribution in [0.2, 0.25) is 0 Å². The molecule has 1 spiro atoms. The lowest BCUT2D eigenvalue weighted by Crippen LogP contribution is -2.26. The minimum absolute atomic E-state index is 0.404. The summed E-state index contributed by atoms with van der Waals surface area (Å²) in [6.07, 6.45) is 11.5. The Morgan fingerprint density at radius 1 is 0.431 bits per heavy atom. The molecule has 4 aliphatic rings. The SMILES string of the molecule is C1=CC2=C(C=C(N(c3ccc(-c4ccc5ccccc5c4-c4cccc5c4sc4ccccc45)cc3)c3ccc4c(c3)C3(c5ccccc5-c5ccccc53)c3ccccc3-4)CC2)CC1. The van der Waals surface area contributed by atoms with Crippen molar-refractivity contribution in [2.75, 3.05) is 4.90 Å². The normalized spacial score (nSPS) is 15.2. The number of rotatable bonds is 5. The largest absolute Gasteiger partial charge is 0.314 e. The summed E-state index contributed by atoms with van der Waals surface area (Å²) in [5.41, 5.74) is 22.2. The minimum Gasteiger partial charge on any atom is -0.314 e. The summed E-state index contributed by atoms with van der Waals surface area (Å²) >= 11 is 1.91. The molecule has 0 bridgehead atoms. The van der Waals surface area contributed by atoms with Gasteiger partial charge in [-0.2, -0.15) is 0 Å². The molecule has 0 N–H and O–H groups in total. The average molecular weight is 846 g/mol. The summed E-state index contributed by atoms with van der Waals surface area (Å²) < 4.78 is 2.67. The maximum Gasteiger partial charge on any atom is 0.0726 e. The van der Waals surface area contributed by atoms with E-state index in [1.807, 2.05) is 11.3 Å². The van der Waals surface area contributed by atoms with Crippen LogP contribution in [0, 0.1) is 0 Å². The summed E-state index contributed by atoms with van der Waals surface area (Å²) in [6.45, 7) is 0. The van der Waals surface area contributed by atoms with Crippen LogP contribution < -0.4 is 4.90 Å². The molecule has 65 heavy (non-hydrogen) atoms. The Morgan fingerprint density at radius 3 is 1.82 bits per heavy atom. The summed E-state index contributed by atoms with van der Waals surface area (Å²) in [5, 5.41) is 5.19. The van der Waals surface area contributed by atoms with Crippen LogP contribution in [0.5, 0.6) is 0 Å². The molecule has 0 atom stereocenters. The minimum atomic E-state index is -0.404. The van der Waals surface area contributed by atoms with Gasteiger partial charge < -0.3 is 4.90 Å². The molecule has 1 aromatic heterocycles. The van der Waals surface area contributed by atoms with E-state index in [0.717, 1.165) is 25.7 Å². The zero-order valence-electron chi connectivity index (χ0n) is 35.9. The molecule has 1 nitrogen and oxygen atoms in total. The molecule has 306 valence electrons. The maximum atomic E-state index is 2.58. The van der Waals surface area contributed by atoms with Gasteiger partial charge in [0.1, 0.15) is 0 Å². The van der Waals surface area contributed by atoms with Crippen molar-refractivity contribution in [3.05, 3.63) is 251 Å². The van der Waals surface area contributed by atoms with Crippen LogP contribution in [0.3, 0.4) is 0 Å². The number of thiophene rings is 1.